The summed E-state index contributed by atoms with van der Waals surface area (Å²) in [6, 6.07) is 12.6. The number of aromatic nitrogens is 2. The van der Waals surface area contributed by atoms with Gasteiger partial charge in [0.25, 0.3) is 0 Å². The molecule has 1 heterocycles. The summed E-state index contributed by atoms with van der Waals surface area (Å²) in [4.78, 5) is 19.9. The van der Waals surface area contributed by atoms with Crippen molar-refractivity contribution in [3.63, 3.8) is 0 Å². The van der Waals surface area contributed by atoms with E-state index in [9.17, 15) is 18.0 Å². The number of alkyl halides is 3. The number of fused-ring (bicyclic) bond motifs is 1. The first-order valence-corrected chi connectivity index (χ1v) is 7.25. The van der Waals surface area contributed by atoms with Crippen LogP contribution >= 0.6 is 0 Å². The lowest BCUT2D eigenvalue weighted by Crippen LogP contribution is -2.18. The Morgan fingerprint density at radius 2 is 1.68 bits per heavy atom. The van der Waals surface area contributed by atoms with Crippen molar-refractivity contribution >= 4 is 28.3 Å². The summed E-state index contributed by atoms with van der Waals surface area (Å²) in [6.07, 6.45) is -4.66. The van der Waals surface area contributed by atoms with E-state index in [1.807, 2.05) is 0 Å². The van der Waals surface area contributed by atoms with Crippen molar-refractivity contribution in [2.75, 3.05) is 11.9 Å². The molecule has 0 fully saturated rings. The van der Waals surface area contributed by atoms with E-state index in [4.69, 9.17) is 5.73 Å². The number of benzene rings is 2. The van der Waals surface area contributed by atoms with E-state index in [1.54, 1.807) is 37.4 Å². The predicted octanol–water partition coefficient (Wildman–Crippen LogP) is 3.52. The average Bonchev–Trinajstić information content (AvgIpc) is 2.59. The Kier molecular flexibility index (Phi) is 4.03. The minimum absolute atomic E-state index is 0.116. The second kappa shape index (κ2) is 6.04. The van der Waals surface area contributed by atoms with Crippen LogP contribution in [0.5, 0.6) is 0 Å². The standard InChI is InChI=1S/C17H13F3N4O/c1-24(11-8-6-10(7-9-11)14(21)25)15-12-4-2-3-5-13(12)22-16(23-15)17(18,19)20/h2-9H,1H3,(H2,21,25). The van der Waals surface area contributed by atoms with Crippen LogP contribution in [0.1, 0.15) is 16.2 Å². The van der Waals surface area contributed by atoms with Gasteiger partial charge in [0.2, 0.25) is 11.7 Å². The third kappa shape index (κ3) is 3.23. The summed E-state index contributed by atoms with van der Waals surface area (Å²) < 4.78 is 39.3. The molecule has 2 aromatic carbocycles. The zero-order valence-corrected chi connectivity index (χ0v) is 13.1. The van der Waals surface area contributed by atoms with E-state index in [1.165, 1.54) is 23.1 Å². The first kappa shape index (κ1) is 16.7. The Balaban J connectivity index is 2.14. The maximum absolute atomic E-state index is 13.1. The van der Waals surface area contributed by atoms with Gasteiger partial charge in [-0.1, -0.05) is 12.1 Å². The molecular formula is C17H13F3N4O. The van der Waals surface area contributed by atoms with Gasteiger partial charge in [0.1, 0.15) is 5.82 Å². The third-order valence-electron chi connectivity index (χ3n) is 3.69. The summed E-state index contributed by atoms with van der Waals surface area (Å²) in [7, 11) is 1.59. The van der Waals surface area contributed by atoms with Crippen molar-refractivity contribution in [3.8, 4) is 0 Å². The van der Waals surface area contributed by atoms with E-state index in [2.05, 4.69) is 9.97 Å². The van der Waals surface area contributed by atoms with Gasteiger partial charge in [-0.25, -0.2) is 9.97 Å². The molecule has 0 saturated heterocycles. The number of amides is 1. The lowest BCUT2D eigenvalue weighted by atomic mass is 10.1. The van der Waals surface area contributed by atoms with Crippen molar-refractivity contribution in [2.45, 2.75) is 6.18 Å². The number of nitrogens with two attached hydrogens (primary N) is 1. The van der Waals surface area contributed by atoms with Crippen molar-refractivity contribution < 1.29 is 18.0 Å². The van der Waals surface area contributed by atoms with Crippen LogP contribution in [0.3, 0.4) is 0 Å². The van der Waals surface area contributed by atoms with E-state index in [-0.39, 0.29) is 11.3 Å². The molecule has 0 atom stereocenters. The Bertz CT molecular complexity index is 939. The van der Waals surface area contributed by atoms with Gasteiger partial charge in [0.15, 0.2) is 0 Å². The fourth-order valence-electron chi connectivity index (χ4n) is 2.41. The van der Waals surface area contributed by atoms with Crippen LogP contribution in [0.4, 0.5) is 24.7 Å². The molecule has 128 valence electrons. The minimum Gasteiger partial charge on any atom is -0.366 e. The molecule has 2 N–H and O–H groups in total. The molecule has 1 amide bonds. The predicted molar refractivity (Wildman–Crippen MR) is 87.6 cm³/mol. The Hall–Kier alpha value is -3.16. The van der Waals surface area contributed by atoms with Gasteiger partial charge in [-0.15, -0.1) is 0 Å². The van der Waals surface area contributed by atoms with Crippen LogP contribution in [-0.4, -0.2) is 22.9 Å². The molecule has 25 heavy (non-hydrogen) atoms. The molecule has 0 unspecified atom stereocenters. The average molecular weight is 346 g/mol. The number of carbonyl (C=O) groups excluding carboxylic acids is 1. The molecule has 0 saturated carbocycles. The molecule has 0 bridgehead atoms. The lowest BCUT2D eigenvalue weighted by molar-refractivity contribution is -0.144. The molecule has 0 radical (unpaired) electrons. The van der Waals surface area contributed by atoms with E-state index >= 15 is 0 Å². The lowest BCUT2D eigenvalue weighted by Gasteiger charge is -2.21. The van der Waals surface area contributed by atoms with Crippen LogP contribution in [0.2, 0.25) is 0 Å². The normalized spacial score (nSPS) is 11.5. The van der Waals surface area contributed by atoms with Gasteiger partial charge in [-0.2, -0.15) is 13.2 Å². The van der Waals surface area contributed by atoms with Crippen LogP contribution in [0.15, 0.2) is 48.5 Å². The van der Waals surface area contributed by atoms with Gasteiger partial charge >= 0.3 is 6.18 Å². The smallest absolute Gasteiger partial charge is 0.366 e. The fourth-order valence-corrected chi connectivity index (χ4v) is 2.41. The second-order valence-corrected chi connectivity index (χ2v) is 5.36. The van der Waals surface area contributed by atoms with Gasteiger partial charge in [0, 0.05) is 23.7 Å². The van der Waals surface area contributed by atoms with Gasteiger partial charge in [0.05, 0.1) is 5.52 Å². The zero-order valence-electron chi connectivity index (χ0n) is 13.1. The van der Waals surface area contributed by atoms with E-state index < -0.39 is 17.9 Å². The molecule has 5 nitrogen and oxygen atoms in total. The highest BCUT2D eigenvalue weighted by atomic mass is 19.4. The SMILES string of the molecule is CN(c1ccc(C(N)=O)cc1)c1nc(C(F)(F)F)nc2ccccc12. The van der Waals surface area contributed by atoms with Crippen molar-refractivity contribution in [1.29, 1.82) is 0 Å². The highest BCUT2D eigenvalue weighted by molar-refractivity contribution is 5.94. The highest BCUT2D eigenvalue weighted by Crippen LogP contribution is 2.33. The number of hydrogen-bond donors (Lipinski definition) is 1. The zero-order chi connectivity index (χ0) is 18.2. The topological polar surface area (TPSA) is 72.1 Å². The van der Waals surface area contributed by atoms with E-state index in [0.29, 0.717) is 16.6 Å². The molecule has 3 aromatic rings. The molecule has 0 aliphatic heterocycles. The first-order valence-electron chi connectivity index (χ1n) is 7.25. The van der Waals surface area contributed by atoms with Crippen LogP contribution in [0.25, 0.3) is 10.9 Å². The minimum atomic E-state index is -4.66. The quantitative estimate of drug-likeness (QED) is 0.788. The van der Waals surface area contributed by atoms with Gasteiger partial charge < -0.3 is 10.6 Å². The Morgan fingerprint density at radius 1 is 1.04 bits per heavy atom. The molecule has 0 aliphatic rings. The molecule has 0 aliphatic carbocycles. The summed E-state index contributed by atoms with van der Waals surface area (Å²) in [5, 5.41) is 0.483. The number of primary amides is 1. The molecular weight excluding hydrogens is 333 g/mol. The number of halogens is 3. The number of nitrogens with zero attached hydrogens (tertiary/aromatic N) is 3. The molecule has 1 aromatic heterocycles. The Morgan fingerprint density at radius 3 is 2.28 bits per heavy atom. The van der Waals surface area contributed by atoms with Crippen molar-refractivity contribution in [3.05, 3.63) is 59.9 Å². The third-order valence-corrected chi connectivity index (χ3v) is 3.69. The fraction of sp³-hybridized carbons (Fsp3) is 0.118. The van der Waals surface area contributed by atoms with Crippen LogP contribution in [0, 0.1) is 0 Å². The number of hydrogen-bond acceptors (Lipinski definition) is 4. The monoisotopic (exact) mass is 346 g/mol. The van der Waals surface area contributed by atoms with Crippen molar-refractivity contribution in [1.82, 2.24) is 9.97 Å². The molecule has 3 rings (SSSR count). The maximum atomic E-state index is 13.1. The largest absolute Gasteiger partial charge is 0.451 e. The number of anilines is 2. The first-order chi connectivity index (χ1) is 11.8. The maximum Gasteiger partial charge on any atom is 0.451 e. The van der Waals surface area contributed by atoms with Gasteiger partial charge in [-0.05, 0) is 36.4 Å². The molecule has 8 heteroatoms. The summed E-state index contributed by atoms with van der Waals surface area (Å²) in [5.41, 5.74) is 6.25. The van der Waals surface area contributed by atoms with E-state index in [0.717, 1.165) is 0 Å². The van der Waals surface area contributed by atoms with Crippen molar-refractivity contribution in [2.24, 2.45) is 5.73 Å². The number of rotatable bonds is 3. The van der Waals surface area contributed by atoms with Gasteiger partial charge in [-0.3, -0.25) is 4.79 Å². The Labute approximate surface area is 140 Å². The second-order valence-electron chi connectivity index (χ2n) is 5.36. The highest BCUT2D eigenvalue weighted by Gasteiger charge is 2.36. The number of carbonyl (C=O) groups is 1. The molecule has 0 spiro atoms. The summed E-state index contributed by atoms with van der Waals surface area (Å²) in [5.74, 6) is -1.67. The summed E-state index contributed by atoms with van der Waals surface area (Å²) in [6.45, 7) is 0. The van der Waals surface area contributed by atoms with Crippen LogP contribution in [-0.2, 0) is 6.18 Å². The van der Waals surface area contributed by atoms with Crippen LogP contribution < -0.4 is 10.6 Å². The summed E-state index contributed by atoms with van der Waals surface area (Å²) >= 11 is 0. The number of para-hydroxylation sites is 1.